The first kappa shape index (κ1) is 12.5. The number of carboxylic acids is 1. The second-order valence-corrected chi connectivity index (χ2v) is 3.36. The maximum Gasteiger partial charge on any atom is 0.374 e. The standard InChI is InChI=1S/C10H8F4O2/c1-5-2-3-6(8(12)7(5)11)4-10(13,14)9(15)16/h2-3H,4H2,1H3,(H,15,16). The summed E-state index contributed by atoms with van der Waals surface area (Å²) in [7, 11) is 0. The molecule has 6 heteroatoms. The number of hydrogen-bond acceptors (Lipinski definition) is 1. The molecular formula is C10H8F4O2. The molecule has 88 valence electrons. The Balaban J connectivity index is 3.08. The highest BCUT2D eigenvalue weighted by molar-refractivity contribution is 5.75. The van der Waals surface area contributed by atoms with E-state index in [0.717, 1.165) is 12.1 Å². The van der Waals surface area contributed by atoms with Crippen LogP contribution in [0.3, 0.4) is 0 Å². The molecule has 0 heterocycles. The summed E-state index contributed by atoms with van der Waals surface area (Å²) in [6.45, 7) is 1.28. The molecule has 0 aliphatic rings. The van der Waals surface area contributed by atoms with Gasteiger partial charge >= 0.3 is 11.9 Å². The second kappa shape index (κ2) is 4.11. The predicted molar refractivity (Wildman–Crippen MR) is 47.4 cm³/mol. The summed E-state index contributed by atoms with van der Waals surface area (Å²) in [6, 6.07) is 2.07. The Kier molecular flexibility index (Phi) is 3.21. The van der Waals surface area contributed by atoms with Gasteiger partial charge in [0.1, 0.15) is 0 Å². The largest absolute Gasteiger partial charge is 0.477 e. The molecule has 0 spiro atoms. The zero-order chi connectivity index (χ0) is 12.5. The molecule has 0 aliphatic heterocycles. The first-order valence-corrected chi connectivity index (χ1v) is 4.30. The lowest BCUT2D eigenvalue weighted by Crippen LogP contribution is -2.31. The highest BCUT2D eigenvalue weighted by Gasteiger charge is 2.39. The van der Waals surface area contributed by atoms with Crippen LogP contribution in [0.15, 0.2) is 12.1 Å². The zero-order valence-electron chi connectivity index (χ0n) is 8.23. The van der Waals surface area contributed by atoms with Gasteiger partial charge in [0.15, 0.2) is 11.6 Å². The van der Waals surface area contributed by atoms with Crippen LogP contribution >= 0.6 is 0 Å². The molecular weight excluding hydrogens is 228 g/mol. The van der Waals surface area contributed by atoms with E-state index in [-0.39, 0.29) is 5.56 Å². The predicted octanol–water partition coefficient (Wildman–Crippen LogP) is 2.54. The number of aliphatic carboxylic acids is 1. The number of alkyl halides is 2. The SMILES string of the molecule is Cc1ccc(CC(F)(F)C(=O)O)c(F)c1F. The third-order valence-electron chi connectivity index (χ3n) is 2.08. The fraction of sp³-hybridized carbons (Fsp3) is 0.300. The Bertz CT molecular complexity index is 429. The summed E-state index contributed by atoms with van der Waals surface area (Å²) < 4.78 is 51.7. The van der Waals surface area contributed by atoms with Crippen LogP contribution < -0.4 is 0 Å². The zero-order valence-corrected chi connectivity index (χ0v) is 8.23. The van der Waals surface area contributed by atoms with E-state index in [0.29, 0.717) is 0 Å². The molecule has 0 saturated heterocycles. The smallest absolute Gasteiger partial charge is 0.374 e. The lowest BCUT2D eigenvalue weighted by molar-refractivity contribution is -0.164. The Morgan fingerprint density at radius 3 is 2.38 bits per heavy atom. The summed E-state index contributed by atoms with van der Waals surface area (Å²) in [5, 5.41) is 8.15. The number of aryl methyl sites for hydroxylation is 1. The van der Waals surface area contributed by atoms with Crippen LogP contribution in [0.1, 0.15) is 11.1 Å². The molecule has 0 fully saturated rings. The molecule has 0 radical (unpaired) electrons. The summed E-state index contributed by atoms with van der Waals surface area (Å²) in [5.41, 5.74) is -0.685. The molecule has 1 rings (SSSR count). The van der Waals surface area contributed by atoms with Gasteiger partial charge in [0, 0.05) is 0 Å². The Hall–Kier alpha value is -1.59. The molecule has 0 aliphatic carbocycles. The number of halogens is 4. The molecule has 0 aromatic heterocycles. The summed E-state index contributed by atoms with van der Waals surface area (Å²) in [5.74, 6) is -9.14. The Morgan fingerprint density at radius 2 is 1.88 bits per heavy atom. The number of carbonyl (C=O) groups is 1. The average Bonchev–Trinajstić information content (AvgIpc) is 2.19. The molecule has 1 aromatic carbocycles. The van der Waals surface area contributed by atoms with Crippen molar-refractivity contribution in [1.82, 2.24) is 0 Å². The maximum atomic E-state index is 13.2. The molecule has 0 bridgehead atoms. The van der Waals surface area contributed by atoms with Gasteiger partial charge in [-0.3, -0.25) is 0 Å². The lowest BCUT2D eigenvalue weighted by atomic mass is 10.0. The molecule has 1 aromatic rings. The molecule has 0 unspecified atom stereocenters. The minimum Gasteiger partial charge on any atom is -0.477 e. The van der Waals surface area contributed by atoms with Crippen molar-refractivity contribution in [2.45, 2.75) is 19.3 Å². The van der Waals surface area contributed by atoms with Crippen LogP contribution in [0.2, 0.25) is 0 Å². The van der Waals surface area contributed by atoms with Gasteiger partial charge in [-0.2, -0.15) is 8.78 Å². The van der Waals surface area contributed by atoms with Gasteiger partial charge in [-0.25, -0.2) is 13.6 Å². The molecule has 16 heavy (non-hydrogen) atoms. The molecule has 0 atom stereocenters. The van der Waals surface area contributed by atoms with Gasteiger partial charge in [-0.1, -0.05) is 12.1 Å². The fourth-order valence-corrected chi connectivity index (χ4v) is 1.14. The van der Waals surface area contributed by atoms with Crippen LogP contribution in [0.4, 0.5) is 17.6 Å². The van der Waals surface area contributed by atoms with Crippen LogP contribution in [-0.2, 0) is 11.2 Å². The van der Waals surface area contributed by atoms with Gasteiger partial charge in [-0.05, 0) is 18.1 Å². The highest BCUT2D eigenvalue weighted by Crippen LogP contribution is 2.24. The Morgan fingerprint density at radius 1 is 1.31 bits per heavy atom. The van der Waals surface area contributed by atoms with Crippen LogP contribution in [-0.4, -0.2) is 17.0 Å². The van der Waals surface area contributed by atoms with E-state index >= 15 is 0 Å². The minimum atomic E-state index is -4.11. The van der Waals surface area contributed by atoms with Crippen molar-refractivity contribution >= 4 is 5.97 Å². The number of carboxylic acid groups (broad SMARTS) is 1. The number of rotatable bonds is 3. The van der Waals surface area contributed by atoms with E-state index in [9.17, 15) is 22.4 Å². The molecule has 0 saturated carbocycles. The Labute approximate surface area is 88.5 Å². The average molecular weight is 236 g/mol. The summed E-state index contributed by atoms with van der Waals surface area (Å²) in [4.78, 5) is 10.1. The van der Waals surface area contributed by atoms with Crippen molar-refractivity contribution < 1.29 is 27.5 Å². The van der Waals surface area contributed by atoms with E-state index in [4.69, 9.17) is 5.11 Å². The second-order valence-electron chi connectivity index (χ2n) is 3.36. The van der Waals surface area contributed by atoms with Crippen molar-refractivity contribution in [2.75, 3.05) is 0 Å². The van der Waals surface area contributed by atoms with Gasteiger partial charge in [0.05, 0.1) is 6.42 Å². The monoisotopic (exact) mass is 236 g/mol. The first-order valence-electron chi connectivity index (χ1n) is 4.30. The van der Waals surface area contributed by atoms with Crippen molar-refractivity contribution in [2.24, 2.45) is 0 Å². The van der Waals surface area contributed by atoms with Crippen molar-refractivity contribution in [1.29, 1.82) is 0 Å². The fourth-order valence-electron chi connectivity index (χ4n) is 1.14. The van der Waals surface area contributed by atoms with Crippen LogP contribution in [0, 0.1) is 18.6 Å². The topological polar surface area (TPSA) is 37.3 Å². The molecule has 1 N–H and O–H groups in total. The molecule has 2 nitrogen and oxygen atoms in total. The van der Waals surface area contributed by atoms with Gasteiger partial charge in [0.25, 0.3) is 0 Å². The van der Waals surface area contributed by atoms with Gasteiger partial charge in [-0.15, -0.1) is 0 Å². The van der Waals surface area contributed by atoms with Crippen molar-refractivity contribution in [3.05, 3.63) is 34.9 Å². The van der Waals surface area contributed by atoms with Crippen molar-refractivity contribution in [3.63, 3.8) is 0 Å². The van der Waals surface area contributed by atoms with E-state index in [1.165, 1.54) is 6.92 Å². The first-order chi connectivity index (χ1) is 7.25. The van der Waals surface area contributed by atoms with E-state index in [2.05, 4.69) is 0 Å². The van der Waals surface area contributed by atoms with Gasteiger partial charge < -0.3 is 5.11 Å². The number of benzene rings is 1. The van der Waals surface area contributed by atoms with Crippen molar-refractivity contribution in [3.8, 4) is 0 Å². The van der Waals surface area contributed by atoms with E-state index < -0.39 is 35.5 Å². The molecule has 0 amide bonds. The normalized spacial score (nSPS) is 11.6. The van der Waals surface area contributed by atoms with Crippen LogP contribution in [0.5, 0.6) is 0 Å². The summed E-state index contributed by atoms with van der Waals surface area (Å²) in [6.07, 6.45) is -1.37. The maximum absolute atomic E-state index is 13.2. The third-order valence-corrected chi connectivity index (χ3v) is 2.08. The van der Waals surface area contributed by atoms with E-state index in [1.54, 1.807) is 0 Å². The quantitative estimate of drug-likeness (QED) is 0.819. The summed E-state index contributed by atoms with van der Waals surface area (Å²) >= 11 is 0. The third kappa shape index (κ3) is 2.32. The number of hydrogen-bond donors (Lipinski definition) is 1. The van der Waals surface area contributed by atoms with Crippen LogP contribution in [0.25, 0.3) is 0 Å². The highest BCUT2D eigenvalue weighted by atomic mass is 19.3. The minimum absolute atomic E-state index is 0.0279. The van der Waals surface area contributed by atoms with Gasteiger partial charge in [0.2, 0.25) is 0 Å². The van der Waals surface area contributed by atoms with E-state index in [1.807, 2.05) is 0 Å². The lowest BCUT2D eigenvalue weighted by Gasteiger charge is -2.12.